The molecule has 0 aliphatic rings. The summed E-state index contributed by atoms with van der Waals surface area (Å²) >= 11 is 5.84. The van der Waals surface area contributed by atoms with Crippen LogP contribution < -0.4 is 0 Å². The van der Waals surface area contributed by atoms with Crippen LogP contribution in [0.15, 0.2) is 54.6 Å². The maximum Gasteiger partial charge on any atom is 0.193 e. The first-order valence-corrected chi connectivity index (χ1v) is 6.69. The standard InChI is InChI=1S/C17H12ClNO/c1-11-2-3-13-10-14(6-9-16(13)19-11)17(20)12-4-7-15(18)8-5-12/h2-10H,1H3. The van der Waals surface area contributed by atoms with Crippen molar-refractivity contribution in [3.05, 3.63) is 76.4 Å². The third-order valence-corrected chi connectivity index (χ3v) is 3.45. The molecule has 98 valence electrons. The number of aryl methyl sites for hydroxylation is 1. The highest BCUT2D eigenvalue weighted by Gasteiger charge is 2.09. The number of nitrogens with zero attached hydrogens (tertiary/aromatic N) is 1. The molecule has 0 atom stereocenters. The molecule has 2 nitrogen and oxygen atoms in total. The minimum atomic E-state index is -0.0101. The first-order chi connectivity index (χ1) is 9.63. The molecule has 3 aromatic rings. The Bertz CT molecular complexity index is 794. The Morgan fingerprint density at radius 3 is 2.40 bits per heavy atom. The summed E-state index contributed by atoms with van der Waals surface area (Å²) in [5.74, 6) is -0.0101. The summed E-state index contributed by atoms with van der Waals surface area (Å²) in [5.41, 5.74) is 3.16. The molecule has 0 amide bonds. The van der Waals surface area contributed by atoms with Crippen LogP contribution in [0.3, 0.4) is 0 Å². The van der Waals surface area contributed by atoms with Crippen molar-refractivity contribution in [1.82, 2.24) is 4.98 Å². The van der Waals surface area contributed by atoms with Crippen LogP contribution in [0.5, 0.6) is 0 Å². The average Bonchev–Trinajstić information content (AvgIpc) is 2.47. The molecular weight excluding hydrogens is 270 g/mol. The molecule has 20 heavy (non-hydrogen) atoms. The number of carbonyl (C=O) groups is 1. The van der Waals surface area contributed by atoms with Crippen LogP contribution >= 0.6 is 11.6 Å². The predicted octanol–water partition coefficient (Wildman–Crippen LogP) is 4.43. The lowest BCUT2D eigenvalue weighted by Crippen LogP contribution is -2.01. The summed E-state index contributed by atoms with van der Waals surface area (Å²) in [5, 5.41) is 1.59. The number of fused-ring (bicyclic) bond motifs is 1. The predicted molar refractivity (Wildman–Crippen MR) is 81.4 cm³/mol. The van der Waals surface area contributed by atoms with E-state index in [0.717, 1.165) is 16.6 Å². The van der Waals surface area contributed by atoms with Gasteiger partial charge in [0.15, 0.2) is 5.78 Å². The topological polar surface area (TPSA) is 30.0 Å². The summed E-state index contributed by atoms with van der Waals surface area (Å²) in [6, 6.07) is 16.4. The Balaban J connectivity index is 2.03. The lowest BCUT2D eigenvalue weighted by molar-refractivity contribution is 0.103. The van der Waals surface area contributed by atoms with Gasteiger partial charge in [-0.3, -0.25) is 9.78 Å². The number of ketones is 1. The zero-order valence-electron chi connectivity index (χ0n) is 10.9. The van der Waals surface area contributed by atoms with Crippen molar-refractivity contribution in [2.75, 3.05) is 0 Å². The number of hydrogen-bond acceptors (Lipinski definition) is 2. The molecule has 0 saturated heterocycles. The molecule has 2 aromatic carbocycles. The smallest absolute Gasteiger partial charge is 0.193 e. The third kappa shape index (κ3) is 2.43. The van der Waals surface area contributed by atoms with E-state index in [1.807, 2.05) is 37.3 Å². The Morgan fingerprint density at radius 1 is 0.950 bits per heavy atom. The second kappa shape index (κ2) is 5.06. The van der Waals surface area contributed by atoms with Crippen molar-refractivity contribution >= 4 is 28.3 Å². The van der Waals surface area contributed by atoms with Gasteiger partial charge in [-0.1, -0.05) is 17.7 Å². The second-order valence-corrected chi connectivity index (χ2v) is 5.13. The van der Waals surface area contributed by atoms with E-state index in [1.54, 1.807) is 24.3 Å². The Kier molecular flexibility index (Phi) is 3.25. The molecule has 3 heteroatoms. The van der Waals surface area contributed by atoms with Crippen molar-refractivity contribution in [3.8, 4) is 0 Å². The van der Waals surface area contributed by atoms with Gasteiger partial charge in [-0.2, -0.15) is 0 Å². The number of carbonyl (C=O) groups excluding carboxylic acids is 1. The van der Waals surface area contributed by atoms with E-state index in [-0.39, 0.29) is 5.78 Å². The van der Waals surface area contributed by atoms with Crippen molar-refractivity contribution < 1.29 is 4.79 Å². The number of pyridine rings is 1. The fraction of sp³-hybridized carbons (Fsp3) is 0.0588. The van der Waals surface area contributed by atoms with Crippen molar-refractivity contribution in [1.29, 1.82) is 0 Å². The molecule has 0 aliphatic carbocycles. The van der Waals surface area contributed by atoms with Crippen LogP contribution in [-0.2, 0) is 0 Å². The minimum absolute atomic E-state index is 0.0101. The maximum absolute atomic E-state index is 12.4. The van der Waals surface area contributed by atoms with Gasteiger partial charge in [0, 0.05) is 27.2 Å². The van der Waals surface area contributed by atoms with Crippen LogP contribution in [0.1, 0.15) is 21.6 Å². The van der Waals surface area contributed by atoms with Crippen LogP contribution in [0, 0.1) is 6.92 Å². The van der Waals surface area contributed by atoms with Crippen molar-refractivity contribution in [3.63, 3.8) is 0 Å². The van der Waals surface area contributed by atoms with Gasteiger partial charge in [0.1, 0.15) is 0 Å². The molecule has 1 heterocycles. The highest BCUT2D eigenvalue weighted by Crippen LogP contribution is 2.18. The first-order valence-electron chi connectivity index (χ1n) is 6.31. The van der Waals surface area contributed by atoms with E-state index in [2.05, 4.69) is 4.98 Å². The van der Waals surface area contributed by atoms with E-state index in [4.69, 9.17) is 11.6 Å². The van der Waals surface area contributed by atoms with Crippen molar-refractivity contribution in [2.24, 2.45) is 0 Å². The third-order valence-electron chi connectivity index (χ3n) is 3.20. The fourth-order valence-electron chi connectivity index (χ4n) is 2.14. The molecule has 0 unspecified atom stereocenters. The minimum Gasteiger partial charge on any atom is -0.289 e. The Labute approximate surface area is 122 Å². The molecule has 0 saturated carbocycles. The molecule has 0 bridgehead atoms. The Morgan fingerprint density at radius 2 is 1.65 bits per heavy atom. The summed E-state index contributed by atoms with van der Waals surface area (Å²) < 4.78 is 0. The number of hydrogen-bond donors (Lipinski definition) is 0. The van der Waals surface area contributed by atoms with Gasteiger partial charge in [0.2, 0.25) is 0 Å². The van der Waals surface area contributed by atoms with Crippen LogP contribution in [0.4, 0.5) is 0 Å². The molecule has 0 aliphatic heterocycles. The van der Waals surface area contributed by atoms with Gasteiger partial charge < -0.3 is 0 Å². The maximum atomic E-state index is 12.4. The van der Waals surface area contributed by atoms with E-state index in [0.29, 0.717) is 16.1 Å². The number of halogens is 1. The Hall–Kier alpha value is -2.19. The fourth-order valence-corrected chi connectivity index (χ4v) is 2.26. The summed E-state index contributed by atoms with van der Waals surface area (Å²) in [6.45, 7) is 1.95. The molecule has 0 spiro atoms. The van der Waals surface area contributed by atoms with Gasteiger partial charge in [-0.15, -0.1) is 0 Å². The molecule has 0 N–H and O–H groups in total. The highest BCUT2D eigenvalue weighted by atomic mass is 35.5. The van der Waals surface area contributed by atoms with Gasteiger partial charge in [-0.25, -0.2) is 0 Å². The molecular formula is C17H12ClNO. The van der Waals surface area contributed by atoms with Crippen LogP contribution in [-0.4, -0.2) is 10.8 Å². The molecule has 1 aromatic heterocycles. The largest absolute Gasteiger partial charge is 0.289 e. The normalized spacial score (nSPS) is 10.7. The summed E-state index contributed by atoms with van der Waals surface area (Å²) in [4.78, 5) is 16.8. The van der Waals surface area contributed by atoms with Gasteiger partial charge in [0.25, 0.3) is 0 Å². The van der Waals surface area contributed by atoms with E-state index in [9.17, 15) is 4.79 Å². The average molecular weight is 282 g/mol. The zero-order chi connectivity index (χ0) is 14.1. The molecule has 3 rings (SSSR count). The SMILES string of the molecule is Cc1ccc2cc(C(=O)c3ccc(Cl)cc3)ccc2n1. The zero-order valence-corrected chi connectivity index (χ0v) is 11.7. The first kappa shape index (κ1) is 12.8. The lowest BCUT2D eigenvalue weighted by Gasteiger charge is -2.04. The number of aromatic nitrogens is 1. The van der Waals surface area contributed by atoms with E-state index >= 15 is 0 Å². The van der Waals surface area contributed by atoms with Gasteiger partial charge >= 0.3 is 0 Å². The number of benzene rings is 2. The highest BCUT2D eigenvalue weighted by molar-refractivity contribution is 6.30. The molecule has 0 radical (unpaired) electrons. The van der Waals surface area contributed by atoms with E-state index < -0.39 is 0 Å². The second-order valence-electron chi connectivity index (χ2n) is 4.70. The summed E-state index contributed by atoms with van der Waals surface area (Å²) in [6.07, 6.45) is 0. The lowest BCUT2D eigenvalue weighted by atomic mass is 10.0. The van der Waals surface area contributed by atoms with E-state index in [1.165, 1.54) is 0 Å². The number of rotatable bonds is 2. The van der Waals surface area contributed by atoms with Crippen molar-refractivity contribution in [2.45, 2.75) is 6.92 Å². The molecule has 0 fully saturated rings. The van der Waals surface area contributed by atoms with Gasteiger partial charge in [0.05, 0.1) is 5.52 Å². The van der Waals surface area contributed by atoms with Crippen LogP contribution in [0.25, 0.3) is 10.9 Å². The van der Waals surface area contributed by atoms with Crippen LogP contribution in [0.2, 0.25) is 5.02 Å². The quantitative estimate of drug-likeness (QED) is 0.651. The summed E-state index contributed by atoms with van der Waals surface area (Å²) in [7, 11) is 0. The monoisotopic (exact) mass is 281 g/mol. The van der Waals surface area contributed by atoms with Gasteiger partial charge in [-0.05, 0) is 55.5 Å².